The third-order valence-corrected chi connectivity index (χ3v) is 4.58. The van der Waals surface area contributed by atoms with Crippen LogP contribution in [0.15, 0.2) is 30.3 Å². The van der Waals surface area contributed by atoms with Gasteiger partial charge < -0.3 is 9.26 Å². The molecule has 0 bridgehead atoms. The van der Waals surface area contributed by atoms with Crippen molar-refractivity contribution in [2.45, 2.75) is 12.5 Å². The molecule has 120 valence electrons. The first kappa shape index (κ1) is 20.7. The van der Waals surface area contributed by atoms with Gasteiger partial charge in [-0.25, -0.2) is 9.65 Å². The Labute approximate surface area is 140 Å². The molecule has 0 radical (unpaired) electrons. The normalized spacial score (nSPS) is 14.4. The number of hydrogen-bond donors (Lipinski definition) is 1. The van der Waals surface area contributed by atoms with E-state index in [0.717, 1.165) is 0 Å². The van der Waals surface area contributed by atoms with Gasteiger partial charge in [-0.2, -0.15) is 25.3 Å². The van der Waals surface area contributed by atoms with E-state index in [1.54, 1.807) is 42.1 Å². The molecule has 1 rings (SSSR count). The summed E-state index contributed by atoms with van der Waals surface area (Å²) in [6, 6.07) is 7.77. The maximum absolute atomic E-state index is 12.2. The number of ether oxygens (including phenoxy) is 1. The van der Waals surface area contributed by atoms with E-state index < -0.39 is 18.9 Å². The predicted octanol–water partition coefficient (Wildman–Crippen LogP) is 3.41. The molecule has 5 nitrogen and oxygen atoms in total. The molecule has 0 aromatic heterocycles. The van der Waals surface area contributed by atoms with Gasteiger partial charge in [0.15, 0.2) is 0 Å². The van der Waals surface area contributed by atoms with Gasteiger partial charge in [-0.15, -0.1) is 0 Å². The van der Waals surface area contributed by atoms with Gasteiger partial charge in [0.05, 0.1) is 7.11 Å². The van der Waals surface area contributed by atoms with E-state index in [-0.39, 0.29) is 13.5 Å². The van der Waals surface area contributed by atoms with Gasteiger partial charge in [-0.3, -0.25) is 4.79 Å². The summed E-state index contributed by atoms with van der Waals surface area (Å²) < 4.78 is 22.1. The second kappa shape index (κ2) is 10.4. The molecule has 1 unspecified atom stereocenters. The molecule has 0 saturated carbocycles. The lowest BCUT2D eigenvalue weighted by molar-refractivity contribution is -0.142. The number of benzene rings is 1. The van der Waals surface area contributed by atoms with Crippen molar-refractivity contribution in [3.05, 3.63) is 30.3 Å². The highest BCUT2D eigenvalue weighted by atomic mass is 35.7. The average molecular weight is 372 g/mol. The van der Waals surface area contributed by atoms with Gasteiger partial charge in [-0.05, 0) is 30.6 Å². The number of carbonyl (C=O) groups excluding carboxylic acids is 1. The lowest BCUT2D eigenvalue weighted by atomic mass is 10.2. The predicted molar refractivity (Wildman–Crippen MR) is 92.8 cm³/mol. The minimum Gasteiger partial charge on any atom is -0.468 e. The van der Waals surface area contributed by atoms with Crippen LogP contribution in [-0.4, -0.2) is 31.1 Å². The molecule has 0 heterocycles. The molecule has 9 heteroatoms. The molecule has 0 saturated heterocycles. The molecule has 0 spiro atoms. The molecule has 1 N–H and O–H groups in total. The highest BCUT2D eigenvalue weighted by molar-refractivity contribution is 7.98. The summed E-state index contributed by atoms with van der Waals surface area (Å²) in [6.07, 6.45) is 2.36. The summed E-state index contributed by atoms with van der Waals surface area (Å²) in [5.74, 6) is 0.554. The first-order valence-corrected chi connectivity index (χ1v) is 9.80. The van der Waals surface area contributed by atoms with E-state index in [1.165, 1.54) is 7.11 Å². The zero-order valence-electron chi connectivity index (χ0n) is 11.7. The molecule has 0 fully saturated rings. The SMILES string of the molecule is COC(=O)[C@H](CCSC)NP(=O)(Cl)Oc1ccccc1.S. The maximum Gasteiger partial charge on any atom is 0.409 e. The second-order valence-corrected chi connectivity index (χ2v) is 7.59. The van der Waals surface area contributed by atoms with Gasteiger partial charge in [0.25, 0.3) is 0 Å². The summed E-state index contributed by atoms with van der Waals surface area (Å²) in [5.41, 5.74) is 0. The Morgan fingerprint density at radius 3 is 2.57 bits per heavy atom. The monoisotopic (exact) mass is 371 g/mol. The fourth-order valence-corrected chi connectivity index (χ4v) is 3.56. The van der Waals surface area contributed by atoms with E-state index in [9.17, 15) is 9.36 Å². The van der Waals surface area contributed by atoms with E-state index in [2.05, 4.69) is 9.82 Å². The largest absolute Gasteiger partial charge is 0.468 e. The van der Waals surface area contributed by atoms with Crippen LogP contribution in [0.2, 0.25) is 0 Å². The Hall–Kier alpha value is -0.330. The Bertz CT molecular complexity index is 478. The van der Waals surface area contributed by atoms with Crippen molar-refractivity contribution < 1.29 is 18.6 Å². The zero-order valence-corrected chi connectivity index (χ0v) is 15.2. The van der Waals surface area contributed by atoms with Crippen LogP contribution in [-0.2, 0) is 14.1 Å². The number of thioether (sulfide) groups is 1. The van der Waals surface area contributed by atoms with Gasteiger partial charge in [-0.1, -0.05) is 18.2 Å². The fourth-order valence-electron chi connectivity index (χ4n) is 1.44. The quantitative estimate of drug-likeness (QED) is 0.558. The topological polar surface area (TPSA) is 64.6 Å². The van der Waals surface area contributed by atoms with Crippen molar-refractivity contribution >= 4 is 49.3 Å². The van der Waals surface area contributed by atoms with Crippen LogP contribution >= 0.6 is 43.4 Å². The first-order chi connectivity index (χ1) is 9.48. The molecule has 1 aromatic carbocycles. The standard InChI is InChI=1S/C12H17ClNO4PS.H2S/c1-17-12(15)11(8-9-20-2)14-19(13,16)18-10-6-4-3-5-7-10;/h3-7,11H,8-9H2,1-2H3,(H,14,16);1H2/t11-,19?;/m0./s1. The third-order valence-electron chi connectivity index (χ3n) is 2.37. The van der Waals surface area contributed by atoms with E-state index in [0.29, 0.717) is 17.9 Å². The third kappa shape index (κ3) is 8.02. The van der Waals surface area contributed by atoms with Crippen molar-refractivity contribution in [1.82, 2.24) is 5.09 Å². The minimum absolute atomic E-state index is 0. The molecular formula is C12H19ClNO4PS2. The summed E-state index contributed by atoms with van der Waals surface area (Å²) in [7, 11) is 1.27. The van der Waals surface area contributed by atoms with Crippen LogP contribution in [0, 0.1) is 0 Å². The second-order valence-electron chi connectivity index (χ2n) is 3.87. The summed E-state index contributed by atoms with van der Waals surface area (Å²) in [5, 5.41) is 2.54. The Balaban J connectivity index is 0.00000400. The number of esters is 1. The molecule has 0 aliphatic carbocycles. The molecule has 0 aliphatic heterocycles. The Morgan fingerprint density at radius 2 is 2.05 bits per heavy atom. The molecule has 21 heavy (non-hydrogen) atoms. The molecule has 0 amide bonds. The Morgan fingerprint density at radius 1 is 1.43 bits per heavy atom. The first-order valence-electron chi connectivity index (χ1n) is 5.87. The summed E-state index contributed by atoms with van der Waals surface area (Å²) in [4.78, 5) is 11.6. The van der Waals surface area contributed by atoms with Crippen LogP contribution in [0.5, 0.6) is 5.75 Å². The molecular weight excluding hydrogens is 353 g/mol. The van der Waals surface area contributed by atoms with Crippen molar-refractivity contribution in [2.24, 2.45) is 0 Å². The van der Waals surface area contributed by atoms with Crippen LogP contribution in [0.25, 0.3) is 0 Å². The van der Waals surface area contributed by atoms with Crippen molar-refractivity contribution in [2.75, 3.05) is 19.1 Å². The molecule has 2 atom stereocenters. The molecule has 0 aliphatic rings. The maximum atomic E-state index is 12.2. The van der Waals surface area contributed by atoms with Crippen LogP contribution in [0.3, 0.4) is 0 Å². The lowest BCUT2D eigenvalue weighted by Gasteiger charge is -2.20. The lowest BCUT2D eigenvalue weighted by Crippen LogP contribution is -2.36. The number of hydrogen-bond acceptors (Lipinski definition) is 5. The van der Waals surface area contributed by atoms with Crippen LogP contribution < -0.4 is 9.61 Å². The smallest absolute Gasteiger partial charge is 0.409 e. The number of carbonyl (C=O) groups is 1. The zero-order chi connectivity index (χ0) is 15.0. The summed E-state index contributed by atoms with van der Waals surface area (Å²) >= 11 is 7.42. The van der Waals surface area contributed by atoms with Gasteiger partial charge >= 0.3 is 12.8 Å². The Kier molecular flexibility index (Phi) is 10.2. The highest BCUT2D eigenvalue weighted by Gasteiger charge is 2.30. The van der Waals surface area contributed by atoms with Gasteiger partial charge in [0.1, 0.15) is 11.8 Å². The average Bonchev–Trinajstić information content (AvgIpc) is 2.43. The van der Waals surface area contributed by atoms with Gasteiger partial charge in [0, 0.05) is 11.2 Å². The molecule has 1 aromatic rings. The van der Waals surface area contributed by atoms with Crippen molar-refractivity contribution in [3.8, 4) is 5.75 Å². The highest BCUT2D eigenvalue weighted by Crippen LogP contribution is 2.48. The minimum atomic E-state index is -3.67. The van der Waals surface area contributed by atoms with Crippen LogP contribution in [0.1, 0.15) is 6.42 Å². The fraction of sp³-hybridized carbons (Fsp3) is 0.417. The van der Waals surface area contributed by atoms with Crippen LogP contribution in [0.4, 0.5) is 0 Å². The number of halogens is 1. The number of para-hydroxylation sites is 1. The van der Waals surface area contributed by atoms with E-state index in [4.69, 9.17) is 15.8 Å². The van der Waals surface area contributed by atoms with Crippen molar-refractivity contribution in [3.63, 3.8) is 0 Å². The summed E-state index contributed by atoms with van der Waals surface area (Å²) in [6.45, 7) is -3.67. The van der Waals surface area contributed by atoms with Gasteiger partial charge in [0.2, 0.25) is 0 Å². The number of nitrogens with one attached hydrogen (secondary N) is 1. The number of rotatable bonds is 8. The number of methoxy groups -OCH3 is 1. The van der Waals surface area contributed by atoms with E-state index >= 15 is 0 Å². The van der Waals surface area contributed by atoms with Crippen molar-refractivity contribution in [1.29, 1.82) is 0 Å². The van der Waals surface area contributed by atoms with E-state index in [1.807, 2.05) is 6.26 Å².